The minimum Gasteiger partial charge on any atom is -0.480 e. The molecule has 2 N–H and O–H groups in total. The number of nitrogens with one attached hydrogen (secondary N) is 1. The largest absolute Gasteiger partial charge is 0.480 e. The van der Waals surface area contributed by atoms with Crippen LogP contribution in [0.5, 0.6) is 0 Å². The summed E-state index contributed by atoms with van der Waals surface area (Å²) in [5, 5.41) is 10.9. The molecule has 184 valence electrons. The molecule has 0 heterocycles. The van der Waals surface area contributed by atoms with E-state index in [2.05, 4.69) is 5.43 Å². The molecule has 0 bridgehead atoms. The van der Waals surface area contributed by atoms with Crippen molar-refractivity contribution in [2.24, 2.45) is 0 Å². The van der Waals surface area contributed by atoms with Gasteiger partial charge in [-0.3, -0.25) is 4.79 Å². The summed E-state index contributed by atoms with van der Waals surface area (Å²) >= 11 is 0. The Morgan fingerprint density at radius 2 is 1.62 bits per heavy atom. The van der Waals surface area contributed by atoms with Gasteiger partial charge in [-0.2, -0.15) is 0 Å². The SMILES string of the molecule is COC(=O)[C@H](Cc1ccccc1)N(N[C@@H](Cc1ccc(C)c(C)c1)C(=O)O)C(=O)OC(C)(C)C. The fraction of sp³-hybridized carbons (Fsp3) is 0.423. The summed E-state index contributed by atoms with van der Waals surface area (Å²) in [6.07, 6.45) is -0.671. The van der Waals surface area contributed by atoms with Crippen LogP contribution in [0.25, 0.3) is 0 Å². The van der Waals surface area contributed by atoms with Crippen molar-refractivity contribution in [2.45, 2.75) is 65.1 Å². The molecule has 0 aliphatic heterocycles. The Hall–Kier alpha value is -3.39. The second-order valence-electron chi connectivity index (χ2n) is 9.22. The van der Waals surface area contributed by atoms with E-state index < -0.39 is 35.7 Å². The van der Waals surface area contributed by atoms with Crippen molar-refractivity contribution < 1.29 is 29.0 Å². The second kappa shape index (κ2) is 11.7. The summed E-state index contributed by atoms with van der Waals surface area (Å²) < 4.78 is 10.5. The van der Waals surface area contributed by atoms with Crippen LogP contribution in [0.4, 0.5) is 4.79 Å². The summed E-state index contributed by atoms with van der Waals surface area (Å²) in [6, 6.07) is 12.4. The molecule has 0 fully saturated rings. The van der Waals surface area contributed by atoms with Crippen LogP contribution in [-0.4, -0.2) is 52.9 Å². The van der Waals surface area contributed by atoms with Gasteiger partial charge in [-0.25, -0.2) is 20.0 Å². The molecule has 0 aliphatic rings. The zero-order valence-corrected chi connectivity index (χ0v) is 20.6. The molecular weight excluding hydrogens is 436 g/mol. The molecule has 2 aromatic rings. The van der Waals surface area contributed by atoms with Gasteiger partial charge in [0.05, 0.1) is 7.11 Å². The molecule has 0 aromatic heterocycles. The van der Waals surface area contributed by atoms with Crippen molar-refractivity contribution in [3.63, 3.8) is 0 Å². The predicted octanol–water partition coefficient (Wildman–Crippen LogP) is 3.83. The van der Waals surface area contributed by atoms with Crippen LogP contribution in [0.2, 0.25) is 0 Å². The van der Waals surface area contributed by atoms with Crippen LogP contribution in [0.1, 0.15) is 43.0 Å². The third kappa shape index (κ3) is 7.88. The molecular formula is C26H34N2O6. The van der Waals surface area contributed by atoms with E-state index >= 15 is 0 Å². The number of nitrogens with zero attached hydrogens (tertiary/aromatic N) is 1. The third-order valence-electron chi connectivity index (χ3n) is 5.25. The molecule has 8 heteroatoms. The normalized spacial score (nSPS) is 13.0. The number of carboxylic acid groups (broad SMARTS) is 1. The van der Waals surface area contributed by atoms with Crippen LogP contribution < -0.4 is 5.43 Å². The zero-order valence-electron chi connectivity index (χ0n) is 20.6. The lowest BCUT2D eigenvalue weighted by atomic mass is 10.0. The molecule has 2 atom stereocenters. The van der Waals surface area contributed by atoms with Crippen molar-refractivity contribution in [3.05, 3.63) is 70.8 Å². The number of ether oxygens (including phenoxy) is 2. The molecule has 0 unspecified atom stereocenters. The molecule has 0 aliphatic carbocycles. The number of benzene rings is 2. The summed E-state index contributed by atoms with van der Waals surface area (Å²) in [5.41, 5.74) is 5.56. The minimum atomic E-state index is -1.20. The Labute approximate surface area is 200 Å². The number of rotatable bonds is 9. The fourth-order valence-electron chi connectivity index (χ4n) is 3.36. The number of hydrogen-bond donors (Lipinski definition) is 2. The highest BCUT2D eigenvalue weighted by molar-refractivity contribution is 5.82. The van der Waals surface area contributed by atoms with E-state index in [4.69, 9.17) is 9.47 Å². The van der Waals surface area contributed by atoms with Gasteiger partial charge in [0, 0.05) is 12.8 Å². The Bertz CT molecular complexity index is 1000. The predicted molar refractivity (Wildman–Crippen MR) is 128 cm³/mol. The number of esters is 1. The van der Waals surface area contributed by atoms with Crippen LogP contribution in [0.3, 0.4) is 0 Å². The van der Waals surface area contributed by atoms with Crippen molar-refractivity contribution in [1.29, 1.82) is 0 Å². The molecule has 0 radical (unpaired) electrons. The van der Waals surface area contributed by atoms with Crippen molar-refractivity contribution in [1.82, 2.24) is 10.4 Å². The quantitative estimate of drug-likeness (QED) is 0.424. The smallest absolute Gasteiger partial charge is 0.425 e. The maximum Gasteiger partial charge on any atom is 0.425 e. The highest BCUT2D eigenvalue weighted by atomic mass is 16.6. The topological polar surface area (TPSA) is 105 Å². The van der Waals surface area contributed by atoms with E-state index in [9.17, 15) is 19.5 Å². The van der Waals surface area contributed by atoms with Gasteiger partial charge in [-0.15, -0.1) is 0 Å². The molecule has 2 rings (SSSR count). The number of carbonyl (C=O) groups is 3. The average Bonchev–Trinajstić information content (AvgIpc) is 2.76. The summed E-state index contributed by atoms with van der Waals surface area (Å²) in [5.74, 6) is -1.87. The number of methoxy groups -OCH3 is 1. The molecule has 8 nitrogen and oxygen atoms in total. The zero-order chi connectivity index (χ0) is 25.5. The Morgan fingerprint density at radius 3 is 2.15 bits per heavy atom. The van der Waals surface area contributed by atoms with Crippen molar-refractivity contribution in [3.8, 4) is 0 Å². The Kier molecular flexibility index (Phi) is 9.20. The molecule has 0 spiro atoms. The Morgan fingerprint density at radius 1 is 0.971 bits per heavy atom. The first-order valence-electron chi connectivity index (χ1n) is 11.1. The van der Waals surface area contributed by atoms with Crippen LogP contribution in [-0.2, 0) is 31.9 Å². The van der Waals surface area contributed by atoms with Gasteiger partial charge >= 0.3 is 18.0 Å². The summed E-state index contributed by atoms with van der Waals surface area (Å²) in [4.78, 5) is 38.1. The van der Waals surface area contributed by atoms with Crippen LogP contribution >= 0.6 is 0 Å². The van der Waals surface area contributed by atoms with Gasteiger partial charge in [-0.05, 0) is 56.9 Å². The highest BCUT2D eigenvalue weighted by Gasteiger charge is 2.37. The van der Waals surface area contributed by atoms with Crippen LogP contribution in [0.15, 0.2) is 48.5 Å². The average molecular weight is 471 g/mol. The summed E-state index contributed by atoms with van der Waals surface area (Å²) in [6.45, 7) is 8.99. The van der Waals surface area contributed by atoms with E-state index in [0.717, 1.165) is 27.3 Å². The molecule has 0 saturated carbocycles. The minimum absolute atomic E-state index is 0.0922. The first-order chi connectivity index (χ1) is 15.9. The van der Waals surface area contributed by atoms with E-state index in [0.29, 0.717) is 0 Å². The number of hydrazine groups is 1. The maximum absolute atomic E-state index is 13.2. The fourth-order valence-corrected chi connectivity index (χ4v) is 3.36. The second-order valence-corrected chi connectivity index (χ2v) is 9.22. The lowest BCUT2D eigenvalue weighted by Crippen LogP contribution is -2.60. The number of hydrogen-bond acceptors (Lipinski definition) is 6. The molecule has 34 heavy (non-hydrogen) atoms. The number of aryl methyl sites for hydroxylation is 2. The third-order valence-corrected chi connectivity index (χ3v) is 5.25. The number of carboxylic acids is 1. The standard InChI is InChI=1S/C26H34N2O6/c1-17-12-13-20(14-18(17)2)15-21(23(29)30)27-28(25(32)34-26(3,4)5)22(24(31)33-6)16-19-10-8-7-9-11-19/h7-14,21-22,27H,15-16H2,1-6H3,(H,29,30)/t21-,22-/m0/s1. The molecule has 1 amide bonds. The van der Waals surface area contributed by atoms with Crippen molar-refractivity contribution in [2.75, 3.05) is 7.11 Å². The van der Waals surface area contributed by atoms with E-state index in [1.54, 1.807) is 20.8 Å². The lowest BCUT2D eigenvalue weighted by molar-refractivity contribution is -0.151. The summed E-state index contributed by atoms with van der Waals surface area (Å²) in [7, 11) is 1.22. The van der Waals surface area contributed by atoms with E-state index in [1.165, 1.54) is 7.11 Å². The van der Waals surface area contributed by atoms with Crippen molar-refractivity contribution >= 4 is 18.0 Å². The van der Waals surface area contributed by atoms with E-state index in [-0.39, 0.29) is 12.8 Å². The number of amides is 1. The molecule has 0 saturated heterocycles. The lowest BCUT2D eigenvalue weighted by Gasteiger charge is -2.34. The first kappa shape index (κ1) is 26.9. The van der Waals surface area contributed by atoms with E-state index in [1.807, 2.05) is 62.4 Å². The molecule has 2 aromatic carbocycles. The van der Waals surface area contributed by atoms with Gasteiger partial charge < -0.3 is 14.6 Å². The van der Waals surface area contributed by atoms with Gasteiger partial charge in [0.25, 0.3) is 0 Å². The maximum atomic E-state index is 13.2. The highest BCUT2D eigenvalue weighted by Crippen LogP contribution is 2.17. The van der Waals surface area contributed by atoms with Gasteiger partial charge in [0.15, 0.2) is 6.04 Å². The first-order valence-corrected chi connectivity index (χ1v) is 11.1. The van der Waals surface area contributed by atoms with Gasteiger partial charge in [-0.1, -0.05) is 48.5 Å². The monoisotopic (exact) mass is 470 g/mol. The number of aliphatic carboxylic acids is 1. The van der Waals surface area contributed by atoms with Gasteiger partial charge in [0.2, 0.25) is 0 Å². The van der Waals surface area contributed by atoms with Crippen LogP contribution in [0, 0.1) is 13.8 Å². The number of carbonyl (C=O) groups excluding carboxylic acids is 2. The Balaban J connectivity index is 2.42. The van der Waals surface area contributed by atoms with Gasteiger partial charge in [0.1, 0.15) is 11.6 Å².